The largest absolute Gasteiger partial charge is 0.462 e. The summed E-state index contributed by atoms with van der Waals surface area (Å²) in [5.74, 6) is 0.583. The van der Waals surface area contributed by atoms with Gasteiger partial charge in [-0.05, 0) is 44.6 Å². The van der Waals surface area contributed by atoms with Crippen LogP contribution in [0.1, 0.15) is 52.4 Å². The minimum absolute atomic E-state index is 0.0451. The SMILES string of the molecule is CCC1(C(=O)OC2CCCCC2C)CCNC1. The van der Waals surface area contributed by atoms with Gasteiger partial charge in [0.05, 0.1) is 5.41 Å². The Hall–Kier alpha value is -0.570. The van der Waals surface area contributed by atoms with Crippen LogP contribution in [0.4, 0.5) is 0 Å². The molecule has 1 saturated carbocycles. The predicted molar refractivity (Wildman–Crippen MR) is 67.7 cm³/mol. The van der Waals surface area contributed by atoms with E-state index in [0.717, 1.165) is 32.4 Å². The first-order chi connectivity index (χ1) is 8.18. The van der Waals surface area contributed by atoms with Crippen molar-refractivity contribution < 1.29 is 9.53 Å². The van der Waals surface area contributed by atoms with E-state index in [-0.39, 0.29) is 17.5 Å². The zero-order chi connectivity index (χ0) is 12.3. The maximum Gasteiger partial charge on any atom is 0.313 e. The molecule has 1 saturated heterocycles. The van der Waals surface area contributed by atoms with Gasteiger partial charge in [-0.3, -0.25) is 4.79 Å². The minimum Gasteiger partial charge on any atom is -0.462 e. The van der Waals surface area contributed by atoms with Crippen molar-refractivity contribution in [2.45, 2.75) is 58.5 Å². The molecule has 17 heavy (non-hydrogen) atoms. The second-order valence-corrected chi connectivity index (χ2v) is 5.77. The molecule has 3 heteroatoms. The maximum atomic E-state index is 12.3. The van der Waals surface area contributed by atoms with Crippen LogP contribution in [0.15, 0.2) is 0 Å². The summed E-state index contributed by atoms with van der Waals surface area (Å²) in [6.07, 6.45) is 6.74. The Morgan fingerprint density at radius 2 is 2.18 bits per heavy atom. The molecule has 0 radical (unpaired) electrons. The van der Waals surface area contributed by atoms with Gasteiger partial charge in [-0.2, -0.15) is 0 Å². The summed E-state index contributed by atoms with van der Waals surface area (Å²) >= 11 is 0. The Bertz CT molecular complexity index is 271. The Morgan fingerprint density at radius 1 is 1.41 bits per heavy atom. The Labute approximate surface area is 104 Å². The third-order valence-corrected chi connectivity index (χ3v) is 4.64. The van der Waals surface area contributed by atoms with Crippen LogP contribution in [-0.4, -0.2) is 25.2 Å². The summed E-state index contributed by atoms with van der Waals surface area (Å²) < 4.78 is 5.80. The highest BCUT2D eigenvalue weighted by molar-refractivity contribution is 5.77. The molecule has 0 amide bonds. The molecular formula is C14H25NO2. The van der Waals surface area contributed by atoms with E-state index in [1.54, 1.807) is 0 Å². The molecule has 1 heterocycles. The van der Waals surface area contributed by atoms with Crippen molar-refractivity contribution in [2.75, 3.05) is 13.1 Å². The quantitative estimate of drug-likeness (QED) is 0.769. The van der Waals surface area contributed by atoms with E-state index < -0.39 is 0 Å². The Morgan fingerprint density at radius 3 is 2.76 bits per heavy atom. The molecule has 2 aliphatic rings. The summed E-state index contributed by atoms with van der Waals surface area (Å²) in [6.45, 7) is 6.05. The van der Waals surface area contributed by atoms with E-state index in [0.29, 0.717) is 5.92 Å². The minimum atomic E-state index is -0.239. The first-order valence-electron chi connectivity index (χ1n) is 7.10. The van der Waals surface area contributed by atoms with Crippen LogP contribution in [0, 0.1) is 11.3 Å². The number of nitrogens with one attached hydrogen (secondary N) is 1. The van der Waals surface area contributed by atoms with Gasteiger partial charge in [-0.1, -0.05) is 20.3 Å². The fraction of sp³-hybridized carbons (Fsp3) is 0.929. The molecule has 3 atom stereocenters. The number of carbonyl (C=O) groups excluding carboxylic acids is 1. The van der Waals surface area contributed by atoms with Gasteiger partial charge >= 0.3 is 5.97 Å². The van der Waals surface area contributed by atoms with Crippen LogP contribution in [-0.2, 0) is 9.53 Å². The number of esters is 1. The van der Waals surface area contributed by atoms with Gasteiger partial charge in [0.15, 0.2) is 0 Å². The van der Waals surface area contributed by atoms with Gasteiger partial charge in [0.25, 0.3) is 0 Å². The summed E-state index contributed by atoms with van der Waals surface area (Å²) in [5, 5.41) is 3.29. The van der Waals surface area contributed by atoms with E-state index in [2.05, 4.69) is 19.2 Å². The maximum absolute atomic E-state index is 12.3. The molecule has 0 bridgehead atoms. The van der Waals surface area contributed by atoms with E-state index in [9.17, 15) is 4.79 Å². The lowest BCUT2D eigenvalue weighted by Crippen LogP contribution is -2.39. The molecule has 3 nitrogen and oxygen atoms in total. The van der Waals surface area contributed by atoms with Crippen LogP contribution >= 0.6 is 0 Å². The molecule has 1 aliphatic heterocycles. The van der Waals surface area contributed by atoms with Gasteiger partial charge in [0.2, 0.25) is 0 Å². The number of hydrogen-bond donors (Lipinski definition) is 1. The molecule has 0 aromatic carbocycles. The lowest BCUT2D eigenvalue weighted by molar-refractivity contribution is -0.165. The van der Waals surface area contributed by atoms with E-state index in [1.807, 2.05) is 0 Å². The number of carbonyl (C=O) groups is 1. The van der Waals surface area contributed by atoms with Gasteiger partial charge < -0.3 is 10.1 Å². The standard InChI is InChI=1S/C14H25NO2/c1-3-14(8-9-15-10-14)13(16)17-12-7-5-4-6-11(12)2/h11-12,15H,3-10H2,1-2H3. The Balaban J connectivity index is 1.95. The number of ether oxygens (including phenoxy) is 1. The predicted octanol–water partition coefficient (Wildman–Crippen LogP) is 2.50. The van der Waals surface area contributed by atoms with Crippen LogP contribution in [0.2, 0.25) is 0 Å². The van der Waals surface area contributed by atoms with Crippen molar-refractivity contribution in [1.82, 2.24) is 5.32 Å². The average Bonchev–Trinajstić information content (AvgIpc) is 2.82. The second-order valence-electron chi connectivity index (χ2n) is 5.77. The fourth-order valence-electron chi connectivity index (χ4n) is 3.08. The third-order valence-electron chi connectivity index (χ3n) is 4.64. The average molecular weight is 239 g/mol. The topological polar surface area (TPSA) is 38.3 Å². The molecule has 3 unspecified atom stereocenters. The lowest BCUT2D eigenvalue weighted by atomic mass is 9.83. The molecule has 2 rings (SSSR count). The van der Waals surface area contributed by atoms with E-state index in [4.69, 9.17) is 4.74 Å². The molecule has 1 aliphatic carbocycles. The molecule has 1 N–H and O–H groups in total. The van der Waals surface area contributed by atoms with Crippen molar-refractivity contribution in [1.29, 1.82) is 0 Å². The number of hydrogen-bond acceptors (Lipinski definition) is 3. The third kappa shape index (κ3) is 2.65. The van der Waals surface area contributed by atoms with E-state index >= 15 is 0 Å². The zero-order valence-corrected chi connectivity index (χ0v) is 11.1. The van der Waals surface area contributed by atoms with E-state index in [1.165, 1.54) is 19.3 Å². The highest BCUT2D eigenvalue weighted by Gasteiger charge is 2.42. The smallest absolute Gasteiger partial charge is 0.313 e. The lowest BCUT2D eigenvalue weighted by Gasteiger charge is -2.32. The summed E-state index contributed by atoms with van der Waals surface area (Å²) in [4.78, 5) is 12.3. The van der Waals surface area contributed by atoms with Gasteiger partial charge in [-0.15, -0.1) is 0 Å². The van der Waals surface area contributed by atoms with Crippen molar-refractivity contribution in [3.8, 4) is 0 Å². The first-order valence-corrected chi connectivity index (χ1v) is 7.10. The molecule has 0 aromatic rings. The van der Waals surface area contributed by atoms with Crippen molar-refractivity contribution in [3.63, 3.8) is 0 Å². The van der Waals surface area contributed by atoms with Crippen LogP contribution < -0.4 is 5.32 Å². The van der Waals surface area contributed by atoms with Crippen molar-refractivity contribution in [3.05, 3.63) is 0 Å². The summed E-state index contributed by atoms with van der Waals surface area (Å²) in [6, 6.07) is 0. The molecule has 98 valence electrons. The van der Waals surface area contributed by atoms with Gasteiger partial charge in [-0.25, -0.2) is 0 Å². The monoisotopic (exact) mass is 239 g/mol. The van der Waals surface area contributed by atoms with Crippen LogP contribution in [0.3, 0.4) is 0 Å². The molecule has 0 aromatic heterocycles. The van der Waals surface area contributed by atoms with Crippen molar-refractivity contribution >= 4 is 5.97 Å². The van der Waals surface area contributed by atoms with Gasteiger partial charge in [0, 0.05) is 6.54 Å². The highest BCUT2D eigenvalue weighted by atomic mass is 16.5. The molecular weight excluding hydrogens is 214 g/mol. The fourth-order valence-corrected chi connectivity index (χ4v) is 3.08. The zero-order valence-electron chi connectivity index (χ0n) is 11.1. The highest BCUT2D eigenvalue weighted by Crippen LogP contribution is 2.34. The summed E-state index contributed by atoms with van der Waals surface area (Å²) in [7, 11) is 0. The van der Waals surface area contributed by atoms with Crippen LogP contribution in [0.5, 0.6) is 0 Å². The normalized spacial score (nSPS) is 38.0. The van der Waals surface area contributed by atoms with Crippen molar-refractivity contribution in [2.24, 2.45) is 11.3 Å². The molecule has 0 spiro atoms. The van der Waals surface area contributed by atoms with Gasteiger partial charge in [0.1, 0.15) is 6.10 Å². The first kappa shape index (κ1) is 12.9. The Kier molecular flexibility index (Phi) is 4.08. The van der Waals surface area contributed by atoms with Crippen LogP contribution in [0.25, 0.3) is 0 Å². The second kappa shape index (κ2) is 5.38. The molecule has 2 fully saturated rings. The number of rotatable bonds is 3. The summed E-state index contributed by atoms with van der Waals surface area (Å²) in [5.41, 5.74) is -0.239.